The van der Waals surface area contributed by atoms with Crippen molar-refractivity contribution in [2.45, 2.75) is 17.7 Å². The molecule has 0 amide bonds. The van der Waals surface area contributed by atoms with Gasteiger partial charge in [-0.15, -0.1) is 0 Å². The number of hydrogen-bond acceptors (Lipinski definition) is 4. The number of halogens is 1. The highest BCUT2D eigenvalue weighted by Crippen LogP contribution is 2.25. The lowest BCUT2D eigenvalue weighted by atomic mass is 9.98. The zero-order valence-corrected chi connectivity index (χ0v) is 13.2. The van der Waals surface area contributed by atoms with Crippen molar-refractivity contribution in [3.63, 3.8) is 0 Å². The van der Waals surface area contributed by atoms with Gasteiger partial charge >= 0.3 is 0 Å². The number of nitrogen functional groups attached to an aromatic ring is 1. The Kier molecular flexibility index (Phi) is 4.85. The zero-order chi connectivity index (χ0) is 15.6. The van der Waals surface area contributed by atoms with Gasteiger partial charge in [-0.1, -0.05) is 0 Å². The van der Waals surface area contributed by atoms with Crippen LogP contribution in [0.4, 0.5) is 10.1 Å². The van der Waals surface area contributed by atoms with E-state index in [0.717, 1.165) is 31.5 Å². The first kappa shape index (κ1) is 16.2. The lowest BCUT2D eigenvalue weighted by molar-refractivity contribution is 0.225. The molecule has 0 saturated carbocycles. The minimum Gasteiger partial charge on any atom is -0.399 e. The summed E-state index contributed by atoms with van der Waals surface area (Å²) in [6.07, 6.45) is 1.64. The van der Waals surface area contributed by atoms with Gasteiger partial charge in [-0.3, -0.25) is 0 Å². The molecule has 0 spiro atoms. The second kappa shape index (κ2) is 6.29. The zero-order valence-electron chi connectivity index (χ0n) is 12.4. The Hall–Kier alpha value is -1.18. The Morgan fingerprint density at radius 1 is 1.29 bits per heavy atom. The Labute approximate surface area is 125 Å². The van der Waals surface area contributed by atoms with Gasteiger partial charge in [0.05, 0.1) is 4.90 Å². The van der Waals surface area contributed by atoms with E-state index in [4.69, 9.17) is 5.73 Å². The van der Waals surface area contributed by atoms with Gasteiger partial charge in [-0.25, -0.2) is 12.8 Å². The summed E-state index contributed by atoms with van der Waals surface area (Å²) in [4.78, 5) is 2.05. The largest absolute Gasteiger partial charge is 0.399 e. The van der Waals surface area contributed by atoms with Gasteiger partial charge in [0.2, 0.25) is 10.0 Å². The molecule has 5 nitrogen and oxygen atoms in total. The molecule has 0 aromatic heterocycles. The van der Waals surface area contributed by atoms with Crippen LogP contribution < -0.4 is 5.73 Å². The molecule has 1 heterocycles. The van der Waals surface area contributed by atoms with E-state index in [9.17, 15) is 12.8 Å². The smallest absolute Gasteiger partial charge is 0.243 e. The van der Waals surface area contributed by atoms with Gasteiger partial charge < -0.3 is 10.6 Å². The second-order valence-corrected chi connectivity index (χ2v) is 7.77. The molecule has 0 bridgehead atoms. The van der Waals surface area contributed by atoms with Gasteiger partial charge in [-0.05, 0) is 51.1 Å². The summed E-state index contributed by atoms with van der Waals surface area (Å²) in [5.74, 6) is -0.125. The third-order valence-electron chi connectivity index (χ3n) is 3.73. The van der Waals surface area contributed by atoms with Crippen molar-refractivity contribution in [2.75, 3.05) is 39.5 Å². The van der Waals surface area contributed by atoms with Crippen molar-refractivity contribution in [1.29, 1.82) is 0 Å². The van der Waals surface area contributed by atoms with E-state index >= 15 is 0 Å². The highest BCUT2D eigenvalue weighted by molar-refractivity contribution is 7.89. The summed E-state index contributed by atoms with van der Waals surface area (Å²) >= 11 is 0. The number of nitrogens with two attached hydrogens (primary N) is 1. The van der Waals surface area contributed by atoms with Crippen molar-refractivity contribution < 1.29 is 12.8 Å². The lowest BCUT2D eigenvalue weighted by Gasteiger charge is -2.32. The predicted molar refractivity (Wildman–Crippen MR) is 80.8 cm³/mol. The molecule has 21 heavy (non-hydrogen) atoms. The van der Waals surface area contributed by atoms with Crippen molar-refractivity contribution in [1.82, 2.24) is 9.21 Å². The van der Waals surface area contributed by atoms with Crippen LogP contribution in [0.2, 0.25) is 0 Å². The molecule has 0 unspecified atom stereocenters. The Bertz CT molecular complexity index is 576. The molecule has 1 aromatic carbocycles. The molecule has 1 aliphatic rings. The predicted octanol–water partition coefficient (Wildman–Crippen LogP) is 1.37. The minimum atomic E-state index is -3.66. The lowest BCUT2D eigenvalue weighted by Crippen LogP contribution is -2.40. The molecule has 118 valence electrons. The van der Waals surface area contributed by atoms with Gasteiger partial charge in [-0.2, -0.15) is 4.31 Å². The van der Waals surface area contributed by atoms with E-state index in [1.807, 2.05) is 14.1 Å². The summed E-state index contributed by atoms with van der Waals surface area (Å²) in [5.41, 5.74) is 5.66. The summed E-state index contributed by atoms with van der Waals surface area (Å²) in [7, 11) is 0.366. The summed E-state index contributed by atoms with van der Waals surface area (Å²) < 4.78 is 39.8. The van der Waals surface area contributed by atoms with E-state index in [2.05, 4.69) is 4.90 Å². The fraction of sp³-hybridized carbons (Fsp3) is 0.571. The number of nitrogens with zero attached hydrogens (tertiary/aromatic N) is 2. The number of hydrogen-bond donors (Lipinski definition) is 1. The van der Waals surface area contributed by atoms with E-state index in [1.165, 1.54) is 10.4 Å². The van der Waals surface area contributed by atoms with Gasteiger partial charge in [0.25, 0.3) is 0 Å². The SMILES string of the molecule is CN(C)CC1CCN(S(=O)(=O)c2cc(N)cc(F)c2)CC1. The van der Waals surface area contributed by atoms with Crippen molar-refractivity contribution >= 4 is 15.7 Å². The van der Waals surface area contributed by atoms with E-state index in [-0.39, 0.29) is 10.6 Å². The van der Waals surface area contributed by atoms with E-state index in [1.54, 1.807) is 0 Å². The second-order valence-electron chi connectivity index (χ2n) is 5.83. The van der Waals surface area contributed by atoms with Crippen LogP contribution in [-0.4, -0.2) is 51.4 Å². The first-order valence-corrected chi connectivity index (χ1v) is 8.44. The van der Waals surface area contributed by atoms with Crippen LogP contribution in [0.25, 0.3) is 0 Å². The number of sulfonamides is 1. The molecular formula is C14H22FN3O2S. The first-order valence-electron chi connectivity index (χ1n) is 7.00. The summed E-state index contributed by atoms with van der Waals surface area (Å²) in [6, 6.07) is 3.45. The quantitative estimate of drug-likeness (QED) is 0.852. The third-order valence-corrected chi connectivity index (χ3v) is 5.60. The van der Waals surface area contributed by atoms with E-state index < -0.39 is 15.8 Å². The minimum absolute atomic E-state index is 0.0638. The van der Waals surface area contributed by atoms with E-state index in [0.29, 0.717) is 19.0 Å². The van der Waals surface area contributed by atoms with Gasteiger partial charge in [0.1, 0.15) is 5.82 Å². The van der Waals surface area contributed by atoms with Crippen LogP contribution >= 0.6 is 0 Å². The highest BCUT2D eigenvalue weighted by Gasteiger charge is 2.30. The molecule has 2 rings (SSSR count). The van der Waals surface area contributed by atoms with Crippen LogP contribution in [0.3, 0.4) is 0 Å². The maximum Gasteiger partial charge on any atom is 0.243 e. The van der Waals surface area contributed by atoms with Gasteiger partial charge in [0, 0.05) is 25.3 Å². The maximum absolute atomic E-state index is 13.4. The summed E-state index contributed by atoms with van der Waals surface area (Å²) in [6.45, 7) is 1.90. The maximum atomic E-state index is 13.4. The molecule has 1 fully saturated rings. The fourth-order valence-electron chi connectivity index (χ4n) is 2.73. The normalized spacial score (nSPS) is 18.3. The molecule has 1 aromatic rings. The van der Waals surface area contributed by atoms with Crippen molar-refractivity contribution in [3.05, 3.63) is 24.0 Å². The Morgan fingerprint density at radius 2 is 1.90 bits per heavy atom. The molecule has 1 aliphatic heterocycles. The number of rotatable bonds is 4. The molecule has 0 atom stereocenters. The number of anilines is 1. The third kappa shape index (κ3) is 3.93. The van der Waals surface area contributed by atoms with Crippen LogP contribution in [0.5, 0.6) is 0 Å². The highest BCUT2D eigenvalue weighted by atomic mass is 32.2. The number of piperidine rings is 1. The van der Waals surface area contributed by atoms with Crippen LogP contribution in [0.15, 0.2) is 23.1 Å². The molecule has 2 N–H and O–H groups in total. The monoisotopic (exact) mass is 315 g/mol. The topological polar surface area (TPSA) is 66.6 Å². The van der Waals surface area contributed by atoms with Crippen LogP contribution in [0, 0.1) is 11.7 Å². The molecule has 1 saturated heterocycles. The van der Waals surface area contributed by atoms with Crippen molar-refractivity contribution in [2.24, 2.45) is 5.92 Å². The Balaban J connectivity index is 2.11. The van der Waals surface area contributed by atoms with Crippen LogP contribution in [0.1, 0.15) is 12.8 Å². The summed E-state index contributed by atoms with van der Waals surface area (Å²) in [5, 5.41) is 0. The molecule has 0 radical (unpaired) electrons. The molecule has 7 heteroatoms. The molecular weight excluding hydrogens is 293 g/mol. The van der Waals surface area contributed by atoms with Crippen LogP contribution in [-0.2, 0) is 10.0 Å². The standard InChI is InChI=1S/C14H22FN3O2S/c1-17(2)10-11-3-5-18(6-4-11)21(19,20)14-8-12(15)7-13(16)9-14/h7-9,11H,3-6,10,16H2,1-2H3. The van der Waals surface area contributed by atoms with Gasteiger partial charge in [0.15, 0.2) is 0 Å². The Morgan fingerprint density at radius 3 is 2.43 bits per heavy atom. The number of benzene rings is 1. The first-order chi connectivity index (χ1) is 9.79. The fourth-order valence-corrected chi connectivity index (χ4v) is 4.27. The van der Waals surface area contributed by atoms with Crippen molar-refractivity contribution in [3.8, 4) is 0 Å². The average molecular weight is 315 g/mol. The average Bonchev–Trinajstić information content (AvgIpc) is 2.37. The molecule has 0 aliphatic carbocycles.